The van der Waals surface area contributed by atoms with E-state index in [1.807, 2.05) is 0 Å². The number of hydrogen-bond donors (Lipinski definition) is 0. The van der Waals surface area contributed by atoms with Crippen LogP contribution in [-0.4, -0.2) is 21.0 Å². The Morgan fingerprint density at radius 1 is 0.923 bits per heavy atom. The van der Waals surface area contributed by atoms with E-state index >= 15 is 0 Å². The van der Waals surface area contributed by atoms with E-state index in [1.54, 1.807) is 5.19 Å². The minimum Gasteiger partial charge on any atom is -0.465 e. The lowest BCUT2D eigenvalue weighted by Gasteiger charge is -2.25. The second-order valence-electron chi connectivity index (χ2n) is 8.55. The summed E-state index contributed by atoms with van der Waals surface area (Å²) >= 11 is 0. The van der Waals surface area contributed by atoms with Gasteiger partial charge >= 0.3 is 0 Å². The third-order valence-corrected chi connectivity index (χ3v) is 9.20. The van der Waals surface area contributed by atoms with Gasteiger partial charge in [-0.2, -0.15) is 0 Å². The van der Waals surface area contributed by atoms with Crippen molar-refractivity contribution in [1.29, 1.82) is 0 Å². The maximum Gasteiger partial charge on any atom is 0.199 e. The number of rotatable bonds is 12. The van der Waals surface area contributed by atoms with Crippen molar-refractivity contribution in [2.75, 3.05) is 6.61 Å². The molecule has 1 fully saturated rings. The smallest absolute Gasteiger partial charge is 0.199 e. The van der Waals surface area contributed by atoms with Crippen molar-refractivity contribution in [3.05, 3.63) is 24.3 Å². The summed E-state index contributed by atoms with van der Waals surface area (Å²) in [6.07, 6.45) is 14.6. The van der Waals surface area contributed by atoms with Gasteiger partial charge in [-0.05, 0) is 25.0 Å². The van der Waals surface area contributed by atoms with E-state index < -0.39 is 8.07 Å². The molecule has 148 valence electrons. The summed E-state index contributed by atoms with van der Waals surface area (Å²) in [5.74, 6) is 0.956. The largest absolute Gasteiger partial charge is 0.465 e. The predicted molar refractivity (Wildman–Crippen MR) is 115 cm³/mol. The molecule has 1 unspecified atom stereocenters. The van der Waals surface area contributed by atoms with Crippen molar-refractivity contribution >= 4 is 13.3 Å². The van der Waals surface area contributed by atoms with Gasteiger partial charge in [0.1, 0.15) is 5.75 Å². The Bertz CT molecular complexity index is 477. The molecule has 2 nitrogen and oxygen atoms in total. The maximum absolute atomic E-state index is 5.97. The zero-order valence-electron chi connectivity index (χ0n) is 17.4. The average Bonchev–Trinajstić information content (AvgIpc) is 2.65. The van der Waals surface area contributed by atoms with E-state index in [9.17, 15) is 0 Å². The molecule has 1 aromatic carbocycles. The molecule has 0 saturated carbocycles. The van der Waals surface area contributed by atoms with Crippen molar-refractivity contribution < 1.29 is 9.47 Å². The van der Waals surface area contributed by atoms with Gasteiger partial charge in [0.15, 0.2) is 6.29 Å². The first-order chi connectivity index (χ1) is 12.6. The van der Waals surface area contributed by atoms with Crippen LogP contribution in [0, 0.1) is 0 Å². The highest BCUT2D eigenvalue weighted by Gasteiger charge is 2.23. The van der Waals surface area contributed by atoms with Crippen LogP contribution in [0.25, 0.3) is 0 Å². The number of unbranched alkanes of at least 4 members (excludes halogenated alkanes) is 7. The third-order valence-electron chi connectivity index (χ3n) is 5.70. The Hall–Kier alpha value is -0.803. The van der Waals surface area contributed by atoms with Gasteiger partial charge in [0.2, 0.25) is 0 Å². The van der Waals surface area contributed by atoms with Crippen LogP contribution >= 0.6 is 0 Å². The first kappa shape index (κ1) is 21.5. The molecule has 1 atom stereocenters. The summed E-state index contributed by atoms with van der Waals surface area (Å²) in [4.78, 5) is 0. The van der Waals surface area contributed by atoms with Crippen LogP contribution in [0.5, 0.6) is 5.75 Å². The topological polar surface area (TPSA) is 18.5 Å². The quantitative estimate of drug-likeness (QED) is 0.300. The fraction of sp³-hybridized carbons (Fsp3) is 0.739. The molecule has 3 heteroatoms. The van der Waals surface area contributed by atoms with Crippen molar-refractivity contribution in [2.24, 2.45) is 0 Å². The summed E-state index contributed by atoms with van der Waals surface area (Å²) in [5, 5.41) is 1.55. The molecule has 0 radical (unpaired) electrons. The fourth-order valence-electron chi connectivity index (χ4n) is 3.79. The van der Waals surface area contributed by atoms with Crippen molar-refractivity contribution in [3.63, 3.8) is 0 Å². The van der Waals surface area contributed by atoms with E-state index in [-0.39, 0.29) is 6.29 Å². The fourth-order valence-corrected chi connectivity index (χ4v) is 6.28. The van der Waals surface area contributed by atoms with Gasteiger partial charge in [-0.1, -0.05) is 94.7 Å². The molecule has 0 aliphatic carbocycles. The second kappa shape index (κ2) is 11.8. The normalized spacial score (nSPS) is 18.0. The van der Waals surface area contributed by atoms with E-state index in [0.717, 1.165) is 25.2 Å². The maximum atomic E-state index is 5.97. The van der Waals surface area contributed by atoms with Gasteiger partial charge in [0.25, 0.3) is 0 Å². The second-order valence-corrected chi connectivity index (χ2v) is 13.4. The first-order valence-electron chi connectivity index (χ1n) is 11.0. The van der Waals surface area contributed by atoms with E-state index in [0.29, 0.717) is 0 Å². The van der Waals surface area contributed by atoms with Crippen molar-refractivity contribution in [2.45, 2.75) is 103 Å². The molecule has 1 saturated heterocycles. The molecular weight excluding hydrogens is 336 g/mol. The highest BCUT2D eigenvalue weighted by atomic mass is 28.3. The van der Waals surface area contributed by atoms with Crippen LogP contribution in [0.1, 0.15) is 77.6 Å². The monoisotopic (exact) mass is 376 g/mol. The Labute approximate surface area is 162 Å². The lowest BCUT2D eigenvalue weighted by molar-refractivity contribution is -0.105. The van der Waals surface area contributed by atoms with Gasteiger partial charge in [-0.3, -0.25) is 0 Å². The molecule has 1 aliphatic rings. The van der Waals surface area contributed by atoms with Gasteiger partial charge in [-0.25, -0.2) is 0 Å². The Balaban J connectivity index is 1.68. The predicted octanol–water partition coefficient (Wildman–Crippen LogP) is 6.65. The standard InChI is InChI=1S/C23H40O2Si/c1-4-5-6-7-8-9-10-13-20-26(2,3)22-17-15-21(16-18-22)25-23-14-11-12-19-24-23/h15-18,23H,4-14,19-20H2,1-3H3. The zero-order valence-corrected chi connectivity index (χ0v) is 18.4. The van der Waals surface area contributed by atoms with Crippen LogP contribution in [-0.2, 0) is 4.74 Å². The minimum atomic E-state index is -1.32. The Kier molecular flexibility index (Phi) is 9.77. The third kappa shape index (κ3) is 7.83. The van der Waals surface area contributed by atoms with Crippen LogP contribution in [0.3, 0.4) is 0 Å². The van der Waals surface area contributed by atoms with Crippen LogP contribution in [0.4, 0.5) is 0 Å². The minimum absolute atomic E-state index is 0.0443. The van der Waals surface area contributed by atoms with Crippen LogP contribution < -0.4 is 9.92 Å². The van der Waals surface area contributed by atoms with Gasteiger partial charge in [0.05, 0.1) is 14.7 Å². The highest BCUT2D eigenvalue weighted by Crippen LogP contribution is 2.21. The van der Waals surface area contributed by atoms with Crippen molar-refractivity contribution in [1.82, 2.24) is 0 Å². The van der Waals surface area contributed by atoms with Gasteiger partial charge in [-0.15, -0.1) is 0 Å². The molecule has 2 rings (SSSR count). The summed E-state index contributed by atoms with van der Waals surface area (Å²) in [5.41, 5.74) is 0. The SMILES string of the molecule is CCCCCCCCCC[Si](C)(C)c1ccc(OC2CCCCO2)cc1. The van der Waals surface area contributed by atoms with Gasteiger partial charge in [0, 0.05) is 6.42 Å². The van der Waals surface area contributed by atoms with E-state index in [1.165, 1.54) is 63.8 Å². The summed E-state index contributed by atoms with van der Waals surface area (Å²) in [6, 6.07) is 10.3. The summed E-state index contributed by atoms with van der Waals surface area (Å²) in [6.45, 7) is 8.14. The molecule has 1 aliphatic heterocycles. The zero-order chi connectivity index (χ0) is 18.7. The molecule has 0 aromatic heterocycles. The Morgan fingerprint density at radius 3 is 2.19 bits per heavy atom. The van der Waals surface area contributed by atoms with Crippen LogP contribution in [0.15, 0.2) is 24.3 Å². The van der Waals surface area contributed by atoms with E-state index in [4.69, 9.17) is 9.47 Å². The molecule has 0 amide bonds. The molecule has 0 spiro atoms. The molecular formula is C23H40O2Si. The highest BCUT2D eigenvalue weighted by molar-refractivity contribution is 6.89. The van der Waals surface area contributed by atoms with E-state index in [2.05, 4.69) is 44.3 Å². The van der Waals surface area contributed by atoms with Gasteiger partial charge < -0.3 is 9.47 Å². The number of benzene rings is 1. The first-order valence-corrected chi connectivity index (χ1v) is 14.2. The lowest BCUT2D eigenvalue weighted by atomic mass is 10.1. The average molecular weight is 377 g/mol. The van der Waals surface area contributed by atoms with Crippen molar-refractivity contribution in [3.8, 4) is 5.75 Å². The molecule has 1 aromatic rings. The Morgan fingerprint density at radius 2 is 1.58 bits per heavy atom. The molecule has 26 heavy (non-hydrogen) atoms. The molecule has 0 N–H and O–H groups in total. The summed E-state index contributed by atoms with van der Waals surface area (Å²) < 4.78 is 11.6. The molecule has 1 heterocycles. The number of ether oxygens (including phenoxy) is 2. The molecule has 0 bridgehead atoms. The lowest BCUT2D eigenvalue weighted by Crippen LogP contribution is -2.40. The van der Waals surface area contributed by atoms with Crippen LogP contribution in [0.2, 0.25) is 19.1 Å². The number of hydrogen-bond acceptors (Lipinski definition) is 2. The summed E-state index contributed by atoms with van der Waals surface area (Å²) in [7, 11) is -1.32.